The average molecular weight is 383 g/mol. The molecule has 8 heteroatoms. The molecule has 0 spiro atoms. The lowest BCUT2D eigenvalue weighted by Gasteiger charge is -2.50. The molecule has 0 radical (unpaired) electrons. The molecule has 2 aromatic rings. The van der Waals surface area contributed by atoms with Crippen LogP contribution >= 0.6 is 0 Å². The lowest BCUT2D eigenvalue weighted by Crippen LogP contribution is -2.70. The molecule has 0 saturated carbocycles. The molecular formula is C20H21N3O5. The molecule has 4 rings (SSSR count). The quantitative estimate of drug-likeness (QED) is 0.753. The highest BCUT2D eigenvalue weighted by Gasteiger charge is 2.62. The van der Waals surface area contributed by atoms with Crippen molar-refractivity contribution in [2.75, 3.05) is 4.90 Å². The van der Waals surface area contributed by atoms with E-state index in [0.717, 1.165) is 0 Å². The Morgan fingerprint density at radius 1 is 1.32 bits per heavy atom. The first-order valence-electron chi connectivity index (χ1n) is 9.21. The summed E-state index contributed by atoms with van der Waals surface area (Å²) >= 11 is 0. The molecule has 2 aliphatic rings. The van der Waals surface area contributed by atoms with Crippen LogP contribution in [0.15, 0.2) is 34.9 Å². The lowest BCUT2D eigenvalue weighted by atomic mass is 9.95. The molecule has 28 heavy (non-hydrogen) atoms. The van der Waals surface area contributed by atoms with Crippen LogP contribution in [-0.4, -0.2) is 39.5 Å². The van der Waals surface area contributed by atoms with Crippen molar-refractivity contribution in [3.05, 3.63) is 47.3 Å². The van der Waals surface area contributed by atoms with E-state index in [1.807, 2.05) is 13.8 Å². The highest BCUT2D eigenvalue weighted by Crippen LogP contribution is 2.46. The monoisotopic (exact) mass is 383 g/mol. The van der Waals surface area contributed by atoms with Crippen molar-refractivity contribution in [1.29, 1.82) is 0 Å². The minimum atomic E-state index is -1.49. The fraction of sp³-hybridized carbons (Fsp3) is 0.400. The minimum absolute atomic E-state index is 0.0955. The first-order valence-corrected chi connectivity index (χ1v) is 9.21. The van der Waals surface area contributed by atoms with E-state index in [-0.39, 0.29) is 37.3 Å². The van der Waals surface area contributed by atoms with Crippen LogP contribution in [0.25, 0.3) is 0 Å². The van der Waals surface area contributed by atoms with Gasteiger partial charge >= 0.3 is 5.97 Å². The smallest absolute Gasteiger partial charge is 0.354 e. The van der Waals surface area contributed by atoms with Crippen molar-refractivity contribution in [3.63, 3.8) is 0 Å². The number of esters is 1. The third-order valence-electron chi connectivity index (χ3n) is 5.17. The summed E-state index contributed by atoms with van der Waals surface area (Å²) in [5, 5.41) is 3.82. The van der Waals surface area contributed by atoms with Gasteiger partial charge in [0.1, 0.15) is 18.1 Å². The zero-order valence-electron chi connectivity index (χ0n) is 16.0. The van der Waals surface area contributed by atoms with Crippen molar-refractivity contribution in [1.82, 2.24) is 10.1 Å². The molecule has 1 atom stereocenters. The number of aryl methyl sites for hydroxylation is 1. The van der Waals surface area contributed by atoms with Crippen LogP contribution in [0.1, 0.15) is 48.5 Å². The summed E-state index contributed by atoms with van der Waals surface area (Å²) in [6, 6.07) is 8.22. The maximum absolute atomic E-state index is 13.3. The third-order valence-corrected chi connectivity index (χ3v) is 5.17. The van der Waals surface area contributed by atoms with Gasteiger partial charge in [0, 0.05) is 24.9 Å². The van der Waals surface area contributed by atoms with Gasteiger partial charge in [-0.25, -0.2) is 4.79 Å². The number of nitrogens with zero attached hydrogens (tertiary/aromatic N) is 3. The number of hydrogen-bond acceptors (Lipinski definition) is 6. The number of hydrogen-bond donors (Lipinski definition) is 0. The van der Waals surface area contributed by atoms with Gasteiger partial charge in [-0.2, -0.15) is 0 Å². The summed E-state index contributed by atoms with van der Waals surface area (Å²) in [5.41, 5.74) is -0.171. The Morgan fingerprint density at radius 3 is 2.75 bits per heavy atom. The number of carbonyl (C=O) groups excluding carboxylic acids is 3. The molecule has 1 saturated heterocycles. The Bertz CT molecular complexity index is 966. The average Bonchev–Trinajstić information content (AvgIpc) is 3.24. The SMILES string of the molecule is Cc1cc(COC(=O)C23CCC(=O)N2c2ccccc2C(=O)N3C(C)C)no1. The van der Waals surface area contributed by atoms with Gasteiger partial charge in [-0.15, -0.1) is 0 Å². The molecule has 0 aliphatic carbocycles. The predicted octanol–water partition coefficient (Wildman–Crippen LogP) is 2.41. The van der Waals surface area contributed by atoms with Gasteiger partial charge in [0.05, 0.1) is 11.3 Å². The van der Waals surface area contributed by atoms with Gasteiger partial charge in [0.2, 0.25) is 11.6 Å². The van der Waals surface area contributed by atoms with Crippen LogP contribution in [-0.2, 0) is 20.9 Å². The van der Waals surface area contributed by atoms with Crippen molar-refractivity contribution in [3.8, 4) is 0 Å². The second-order valence-electron chi connectivity index (χ2n) is 7.34. The molecule has 1 unspecified atom stereocenters. The van der Waals surface area contributed by atoms with Crippen molar-refractivity contribution < 1.29 is 23.6 Å². The van der Waals surface area contributed by atoms with Crippen LogP contribution in [0.3, 0.4) is 0 Å². The first-order chi connectivity index (χ1) is 13.4. The van der Waals surface area contributed by atoms with Crippen LogP contribution < -0.4 is 4.90 Å². The molecule has 1 aromatic heterocycles. The fourth-order valence-corrected chi connectivity index (χ4v) is 4.11. The van der Waals surface area contributed by atoms with Gasteiger partial charge in [-0.1, -0.05) is 17.3 Å². The Morgan fingerprint density at radius 2 is 2.07 bits per heavy atom. The summed E-state index contributed by atoms with van der Waals surface area (Å²) in [7, 11) is 0. The number of aromatic nitrogens is 1. The molecule has 1 fully saturated rings. The molecule has 3 heterocycles. The molecule has 8 nitrogen and oxygen atoms in total. The number of carbonyl (C=O) groups is 3. The molecule has 2 aliphatic heterocycles. The Labute approximate surface area is 162 Å². The Balaban J connectivity index is 1.77. The molecule has 2 amide bonds. The van der Waals surface area contributed by atoms with Crippen LogP contribution in [0, 0.1) is 6.92 Å². The lowest BCUT2D eigenvalue weighted by molar-refractivity contribution is -0.159. The molecular weight excluding hydrogens is 362 g/mol. The van der Waals surface area contributed by atoms with Crippen molar-refractivity contribution >= 4 is 23.5 Å². The Hall–Kier alpha value is -3.16. The highest BCUT2D eigenvalue weighted by atomic mass is 16.5. The van der Waals surface area contributed by atoms with Gasteiger partial charge in [-0.3, -0.25) is 14.5 Å². The maximum Gasteiger partial charge on any atom is 0.354 e. The van der Waals surface area contributed by atoms with Gasteiger partial charge in [0.25, 0.3) is 5.91 Å². The summed E-state index contributed by atoms with van der Waals surface area (Å²) in [5.74, 6) is -0.534. The second kappa shape index (κ2) is 6.47. The summed E-state index contributed by atoms with van der Waals surface area (Å²) < 4.78 is 10.5. The number of amides is 2. The van der Waals surface area contributed by atoms with Gasteiger partial charge in [0.15, 0.2) is 0 Å². The van der Waals surface area contributed by atoms with E-state index >= 15 is 0 Å². The van der Waals surface area contributed by atoms with E-state index in [9.17, 15) is 14.4 Å². The summed E-state index contributed by atoms with van der Waals surface area (Å²) in [6.45, 7) is 5.29. The zero-order chi connectivity index (χ0) is 20.1. The standard InChI is InChI=1S/C20H21N3O5/c1-12(2)22-18(25)15-6-4-5-7-16(15)23-17(24)8-9-20(22,23)19(26)27-11-14-10-13(3)28-21-14/h4-7,10,12H,8-9,11H2,1-3H3. The maximum atomic E-state index is 13.3. The van der Waals surface area contributed by atoms with E-state index < -0.39 is 11.6 Å². The van der Waals surface area contributed by atoms with E-state index in [2.05, 4.69) is 5.16 Å². The number of fused-ring (bicyclic) bond motifs is 3. The first kappa shape index (κ1) is 18.2. The van der Waals surface area contributed by atoms with Gasteiger partial charge in [-0.05, 0) is 32.9 Å². The van der Waals surface area contributed by atoms with Gasteiger partial charge < -0.3 is 14.2 Å². The number of para-hydroxylation sites is 1. The molecule has 0 N–H and O–H groups in total. The zero-order valence-corrected chi connectivity index (χ0v) is 16.0. The topological polar surface area (TPSA) is 93.0 Å². The van der Waals surface area contributed by atoms with Crippen LogP contribution in [0.4, 0.5) is 5.69 Å². The van der Waals surface area contributed by atoms with E-state index in [1.165, 1.54) is 9.80 Å². The number of ether oxygens (including phenoxy) is 1. The fourth-order valence-electron chi connectivity index (χ4n) is 4.11. The largest absolute Gasteiger partial charge is 0.456 e. The van der Waals surface area contributed by atoms with Crippen molar-refractivity contribution in [2.45, 2.75) is 51.9 Å². The molecule has 0 bridgehead atoms. The van der Waals surface area contributed by atoms with E-state index in [0.29, 0.717) is 22.7 Å². The van der Waals surface area contributed by atoms with Crippen molar-refractivity contribution in [2.24, 2.45) is 0 Å². The normalized spacial score (nSPS) is 21.1. The number of rotatable bonds is 4. The number of anilines is 1. The number of benzene rings is 1. The summed E-state index contributed by atoms with van der Waals surface area (Å²) in [6.07, 6.45) is 0.337. The minimum Gasteiger partial charge on any atom is -0.456 e. The Kier molecular flexibility index (Phi) is 4.21. The second-order valence-corrected chi connectivity index (χ2v) is 7.34. The van der Waals surface area contributed by atoms with Crippen LogP contribution in [0.2, 0.25) is 0 Å². The summed E-state index contributed by atoms with van der Waals surface area (Å²) in [4.78, 5) is 42.3. The predicted molar refractivity (Wildman–Crippen MR) is 98.2 cm³/mol. The molecule has 146 valence electrons. The van der Waals surface area contributed by atoms with Crippen LogP contribution in [0.5, 0.6) is 0 Å². The highest BCUT2D eigenvalue weighted by molar-refractivity contribution is 6.15. The van der Waals surface area contributed by atoms with E-state index in [1.54, 1.807) is 37.3 Å². The van der Waals surface area contributed by atoms with E-state index in [4.69, 9.17) is 9.26 Å². The third kappa shape index (κ3) is 2.51. The molecule has 1 aromatic carbocycles.